The van der Waals surface area contributed by atoms with E-state index < -0.39 is 0 Å². The molecule has 0 saturated heterocycles. The maximum absolute atomic E-state index is 11.9. The van der Waals surface area contributed by atoms with Crippen molar-refractivity contribution in [1.82, 2.24) is 0 Å². The maximum atomic E-state index is 11.9. The summed E-state index contributed by atoms with van der Waals surface area (Å²) >= 11 is 0. The molecule has 2 aromatic carbocycles. The Morgan fingerprint density at radius 3 is 2.50 bits per heavy atom. The minimum atomic E-state index is -0.358. The van der Waals surface area contributed by atoms with Crippen molar-refractivity contribution < 1.29 is 9.90 Å². The van der Waals surface area contributed by atoms with Crippen LogP contribution in [0.2, 0.25) is 0 Å². The Bertz CT molecular complexity index is 597. The van der Waals surface area contributed by atoms with Gasteiger partial charge in [-0.15, -0.1) is 0 Å². The molecule has 0 unspecified atom stereocenters. The van der Waals surface area contributed by atoms with Gasteiger partial charge in [-0.1, -0.05) is 6.07 Å². The van der Waals surface area contributed by atoms with Gasteiger partial charge in [0.2, 0.25) is 0 Å². The minimum absolute atomic E-state index is 0.0403. The first kappa shape index (κ1) is 11.8. The summed E-state index contributed by atoms with van der Waals surface area (Å²) in [5.41, 5.74) is 12.8. The van der Waals surface area contributed by atoms with Gasteiger partial charge >= 0.3 is 0 Å². The molecule has 0 atom stereocenters. The number of aromatic hydroxyl groups is 1. The predicted molar refractivity (Wildman–Crippen MR) is 71.3 cm³/mol. The van der Waals surface area contributed by atoms with Gasteiger partial charge in [-0.25, -0.2) is 0 Å². The van der Waals surface area contributed by atoms with Crippen molar-refractivity contribution in [2.24, 2.45) is 0 Å². The van der Waals surface area contributed by atoms with E-state index in [-0.39, 0.29) is 17.3 Å². The Hall–Kier alpha value is -2.69. The number of hydrogen-bond donors (Lipinski definition) is 4. The van der Waals surface area contributed by atoms with Crippen LogP contribution in [0.5, 0.6) is 5.75 Å². The molecule has 2 aromatic rings. The monoisotopic (exact) mass is 243 g/mol. The molecule has 0 radical (unpaired) electrons. The van der Waals surface area contributed by atoms with Crippen molar-refractivity contribution in [2.75, 3.05) is 16.8 Å². The number of anilines is 3. The first-order valence-electron chi connectivity index (χ1n) is 5.31. The third-order valence-electron chi connectivity index (χ3n) is 2.42. The normalized spacial score (nSPS) is 10.0. The largest absolute Gasteiger partial charge is 0.506 e. The molecule has 18 heavy (non-hydrogen) atoms. The molecule has 5 heteroatoms. The summed E-state index contributed by atoms with van der Waals surface area (Å²) in [4.78, 5) is 11.9. The fourth-order valence-corrected chi connectivity index (χ4v) is 1.53. The predicted octanol–water partition coefficient (Wildman–Crippen LogP) is 1.81. The van der Waals surface area contributed by atoms with E-state index >= 15 is 0 Å². The molecule has 0 aliphatic carbocycles. The van der Waals surface area contributed by atoms with Crippen molar-refractivity contribution in [3.63, 3.8) is 0 Å². The minimum Gasteiger partial charge on any atom is -0.506 e. The summed E-state index contributed by atoms with van der Waals surface area (Å²) in [6.45, 7) is 0. The molecule has 0 fully saturated rings. The molecule has 92 valence electrons. The summed E-state index contributed by atoms with van der Waals surface area (Å²) in [6.07, 6.45) is 0. The first-order chi connectivity index (χ1) is 8.56. The highest BCUT2D eigenvalue weighted by atomic mass is 16.3. The van der Waals surface area contributed by atoms with Gasteiger partial charge in [0.25, 0.3) is 5.91 Å². The lowest BCUT2D eigenvalue weighted by atomic mass is 10.2. The third-order valence-corrected chi connectivity index (χ3v) is 2.42. The van der Waals surface area contributed by atoms with Crippen molar-refractivity contribution >= 4 is 23.0 Å². The highest BCUT2D eigenvalue weighted by Crippen LogP contribution is 2.25. The number of amides is 1. The van der Waals surface area contributed by atoms with E-state index in [1.54, 1.807) is 30.3 Å². The second kappa shape index (κ2) is 4.67. The number of phenolic OH excluding ortho intramolecular Hbond substituents is 1. The lowest BCUT2D eigenvalue weighted by Gasteiger charge is -2.08. The Balaban J connectivity index is 2.24. The van der Waals surface area contributed by atoms with Crippen LogP contribution >= 0.6 is 0 Å². The molecule has 0 spiro atoms. The van der Waals surface area contributed by atoms with Crippen LogP contribution in [-0.4, -0.2) is 11.0 Å². The lowest BCUT2D eigenvalue weighted by Crippen LogP contribution is -2.12. The Labute approximate surface area is 104 Å². The van der Waals surface area contributed by atoms with Gasteiger partial charge in [-0.05, 0) is 36.4 Å². The number of carbonyl (C=O) groups excluding carboxylic acids is 1. The van der Waals surface area contributed by atoms with Crippen LogP contribution in [0.4, 0.5) is 17.1 Å². The summed E-state index contributed by atoms with van der Waals surface area (Å²) < 4.78 is 0. The summed E-state index contributed by atoms with van der Waals surface area (Å²) in [5, 5.41) is 12.2. The number of rotatable bonds is 2. The van der Waals surface area contributed by atoms with Crippen LogP contribution in [0.1, 0.15) is 10.4 Å². The third kappa shape index (κ3) is 2.52. The average molecular weight is 243 g/mol. The SMILES string of the molecule is Nc1cccc(C(=O)Nc2cc(N)ccc2O)c1. The van der Waals surface area contributed by atoms with Crippen LogP contribution < -0.4 is 16.8 Å². The maximum Gasteiger partial charge on any atom is 0.255 e. The lowest BCUT2D eigenvalue weighted by molar-refractivity contribution is 0.102. The number of carbonyl (C=O) groups is 1. The van der Waals surface area contributed by atoms with Gasteiger partial charge in [0.1, 0.15) is 5.75 Å². The molecule has 0 aliphatic heterocycles. The van der Waals surface area contributed by atoms with E-state index in [4.69, 9.17) is 11.5 Å². The molecule has 5 nitrogen and oxygen atoms in total. The molecular weight excluding hydrogens is 230 g/mol. The number of nitrogen functional groups attached to an aromatic ring is 2. The number of benzene rings is 2. The zero-order valence-corrected chi connectivity index (χ0v) is 9.55. The van der Waals surface area contributed by atoms with Crippen LogP contribution in [0.15, 0.2) is 42.5 Å². The molecule has 1 amide bonds. The highest BCUT2D eigenvalue weighted by Gasteiger charge is 2.09. The number of hydrogen-bond acceptors (Lipinski definition) is 4. The smallest absolute Gasteiger partial charge is 0.255 e. The van der Waals surface area contributed by atoms with Gasteiger partial charge in [-0.3, -0.25) is 4.79 Å². The summed E-state index contributed by atoms with van der Waals surface area (Å²) in [5.74, 6) is -0.398. The molecular formula is C13H13N3O2. The van der Waals surface area contributed by atoms with E-state index in [9.17, 15) is 9.90 Å². The van der Waals surface area contributed by atoms with Crippen molar-refractivity contribution in [1.29, 1.82) is 0 Å². The Kier molecular flexibility index (Phi) is 3.05. The highest BCUT2D eigenvalue weighted by molar-refractivity contribution is 6.05. The van der Waals surface area contributed by atoms with E-state index in [0.29, 0.717) is 16.9 Å². The fourth-order valence-electron chi connectivity index (χ4n) is 1.53. The van der Waals surface area contributed by atoms with Gasteiger partial charge in [-0.2, -0.15) is 0 Å². The zero-order valence-electron chi connectivity index (χ0n) is 9.55. The molecule has 0 aromatic heterocycles. The van der Waals surface area contributed by atoms with Gasteiger partial charge in [0.15, 0.2) is 0 Å². The van der Waals surface area contributed by atoms with Gasteiger partial charge in [0.05, 0.1) is 5.69 Å². The Morgan fingerprint density at radius 2 is 1.78 bits per heavy atom. The van der Waals surface area contributed by atoms with Gasteiger partial charge < -0.3 is 21.9 Å². The first-order valence-corrected chi connectivity index (χ1v) is 5.31. The average Bonchev–Trinajstić information content (AvgIpc) is 2.34. The topological polar surface area (TPSA) is 101 Å². The molecule has 0 heterocycles. The van der Waals surface area contributed by atoms with Crippen molar-refractivity contribution in [2.45, 2.75) is 0 Å². The van der Waals surface area contributed by atoms with Crippen molar-refractivity contribution in [3.8, 4) is 5.75 Å². The molecule has 0 bridgehead atoms. The zero-order chi connectivity index (χ0) is 13.1. The molecule has 0 aliphatic rings. The second-order valence-electron chi connectivity index (χ2n) is 3.86. The van der Waals surface area contributed by atoms with Crippen LogP contribution in [-0.2, 0) is 0 Å². The van der Waals surface area contributed by atoms with Crippen molar-refractivity contribution in [3.05, 3.63) is 48.0 Å². The number of nitrogens with two attached hydrogens (primary N) is 2. The Morgan fingerprint density at radius 1 is 1.06 bits per heavy atom. The van der Waals surface area contributed by atoms with Crippen LogP contribution in [0, 0.1) is 0 Å². The molecule has 0 saturated carbocycles. The fraction of sp³-hybridized carbons (Fsp3) is 0. The second-order valence-corrected chi connectivity index (χ2v) is 3.86. The number of phenols is 1. The van der Waals surface area contributed by atoms with E-state index in [1.807, 2.05) is 0 Å². The summed E-state index contributed by atoms with van der Waals surface area (Å²) in [6, 6.07) is 11.0. The quantitative estimate of drug-likeness (QED) is 0.367. The van der Waals surface area contributed by atoms with E-state index in [2.05, 4.69) is 5.32 Å². The summed E-state index contributed by atoms with van der Waals surface area (Å²) in [7, 11) is 0. The van der Waals surface area contributed by atoms with Gasteiger partial charge in [0, 0.05) is 16.9 Å². The van der Waals surface area contributed by atoms with E-state index in [0.717, 1.165) is 0 Å². The molecule has 2 rings (SSSR count). The van der Waals surface area contributed by atoms with Crippen LogP contribution in [0.3, 0.4) is 0 Å². The van der Waals surface area contributed by atoms with Crippen LogP contribution in [0.25, 0.3) is 0 Å². The molecule has 6 N–H and O–H groups in total. The standard InChI is InChI=1S/C13H13N3O2/c14-9-3-1-2-8(6-9)13(18)16-11-7-10(15)4-5-12(11)17/h1-7,17H,14-15H2,(H,16,18). The number of nitrogens with one attached hydrogen (secondary N) is 1. The van der Waals surface area contributed by atoms with E-state index in [1.165, 1.54) is 12.1 Å².